The Hall–Kier alpha value is -2.71. The van der Waals surface area contributed by atoms with Gasteiger partial charge in [-0.1, -0.05) is 39.0 Å². The van der Waals surface area contributed by atoms with Gasteiger partial charge in [-0.05, 0) is 42.7 Å². The number of aromatic nitrogens is 2. The Morgan fingerprint density at radius 1 is 0.659 bits per heavy atom. The lowest BCUT2D eigenvalue weighted by Gasteiger charge is -2.37. The summed E-state index contributed by atoms with van der Waals surface area (Å²) in [7, 11) is 0. The third-order valence-corrected chi connectivity index (χ3v) is 6.02. The molecule has 0 saturated carbocycles. The van der Waals surface area contributed by atoms with Crippen molar-refractivity contribution in [3.63, 3.8) is 0 Å². The van der Waals surface area contributed by atoms with Gasteiger partial charge in [0, 0.05) is 18.0 Å². The predicted octanol–water partition coefficient (Wildman–Crippen LogP) is 8.55. The minimum Gasteiger partial charge on any atom is -0.491 e. The van der Waals surface area contributed by atoms with Crippen LogP contribution in [0, 0.1) is 0 Å². The lowest BCUT2D eigenvalue weighted by atomic mass is 9.98. The van der Waals surface area contributed by atoms with E-state index in [1.807, 2.05) is 0 Å². The first-order valence-corrected chi connectivity index (χ1v) is 12.7. The highest BCUT2D eigenvalue weighted by atomic mass is 19.4. The minimum atomic E-state index is -7.46. The van der Waals surface area contributed by atoms with E-state index < -0.39 is 49.7 Å². The summed E-state index contributed by atoms with van der Waals surface area (Å²) in [5.41, 5.74) is 1.60. The van der Waals surface area contributed by atoms with E-state index in [0.717, 1.165) is 24.8 Å². The van der Waals surface area contributed by atoms with Gasteiger partial charge in [0.2, 0.25) is 0 Å². The monoisotopic (exact) mass is 610 g/mol. The van der Waals surface area contributed by atoms with Crippen molar-refractivity contribution in [2.24, 2.45) is 0 Å². The molecule has 15 heteroatoms. The maximum Gasteiger partial charge on any atom is 0.460 e. The summed E-state index contributed by atoms with van der Waals surface area (Å²) in [6.07, 6.45) is 4.04. The lowest BCUT2D eigenvalue weighted by Crippen LogP contribution is -2.67. The average molecular weight is 611 g/mol. The molecule has 0 atom stereocenters. The highest BCUT2D eigenvalue weighted by Gasteiger charge is 2.87. The Morgan fingerprint density at radius 2 is 1.22 bits per heavy atom. The van der Waals surface area contributed by atoms with E-state index >= 15 is 0 Å². The molecular formula is C26H29F11N2O2. The molecule has 1 aromatic heterocycles. The van der Waals surface area contributed by atoms with E-state index in [0.29, 0.717) is 11.4 Å². The first-order chi connectivity index (χ1) is 19.0. The lowest BCUT2D eigenvalue weighted by molar-refractivity contribution is -0.424. The molecule has 232 valence electrons. The second-order valence-electron chi connectivity index (χ2n) is 9.28. The zero-order valence-electron chi connectivity index (χ0n) is 21.9. The molecule has 0 aliphatic rings. The van der Waals surface area contributed by atoms with E-state index in [1.54, 1.807) is 24.5 Å². The number of benzene rings is 1. The Morgan fingerprint density at radius 3 is 1.78 bits per heavy atom. The van der Waals surface area contributed by atoms with Gasteiger partial charge >= 0.3 is 29.9 Å². The van der Waals surface area contributed by atoms with Crippen LogP contribution < -0.4 is 4.74 Å². The standard InChI is InChI=1S/C26H29F11N2O2/c1-2-3-4-5-6-7-8-18-15-38-21(39-16-18)19-9-11-20(12-10-19)41-14-13-40-17-22(27,28)23(29,30)24(31,32)25(33,34)26(35,36)37/h9-12,15-16H,2-8,13-14,17H2,1H3. The molecule has 41 heavy (non-hydrogen) atoms. The summed E-state index contributed by atoms with van der Waals surface area (Å²) in [5, 5.41) is 0. The highest BCUT2D eigenvalue weighted by Crippen LogP contribution is 2.57. The number of rotatable bonds is 17. The van der Waals surface area contributed by atoms with Crippen molar-refractivity contribution in [3.05, 3.63) is 42.2 Å². The average Bonchev–Trinajstić information content (AvgIpc) is 2.90. The number of hydrogen-bond acceptors (Lipinski definition) is 4. The molecule has 0 radical (unpaired) electrons. The predicted molar refractivity (Wildman–Crippen MR) is 127 cm³/mol. The van der Waals surface area contributed by atoms with Crippen molar-refractivity contribution in [1.29, 1.82) is 0 Å². The number of hydrogen-bond donors (Lipinski definition) is 0. The Balaban J connectivity index is 1.82. The fraction of sp³-hybridized carbons (Fsp3) is 0.615. The molecule has 0 spiro atoms. The van der Waals surface area contributed by atoms with Gasteiger partial charge in [-0.3, -0.25) is 0 Å². The largest absolute Gasteiger partial charge is 0.491 e. The van der Waals surface area contributed by atoms with E-state index in [-0.39, 0.29) is 5.75 Å². The minimum absolute atomic E-state index is 0.158. The molecule has 0 unspecified atom stereocenters. The summed E-state index contributed by atoms with van der Waals surface area (Å²) in [6.45, 7) is -1.89. The van der Waals surface area contributed by atoms with E-state index in [9.17, 15) is 48.3 Å². The molecule has 2 rings (SSSR count). The summed E-state index contributed by atoms with van der Waals surface area (Å²) >= 11 is 0. The van der Waals surface area contributed by atoms with Crippen LogP contribution in [0.25, 0.3) is 11.4 Å². The summed E-state index contributed by atoms with van der Waals surface area (Å²) in [4.78, 5) is 8.63. The van der Waals surface area contributed by atoms with Crippen LogP contribution in [0.2, 0.25) is 0 Å². The number of halogens is 11. The van der Waals surface area contributed by atoms with Gasteiger partial charge in [0.25, 0.3) is 0 Å². The Bertz CT molecular complexity index is 1060. The molecule has 0 aliphatic heterocycles. The number of alkyl halides is 11. The fourth-order valence-electron chi connectivity index (χ4n) is 3.56. The zero-order valence-corrected chi connectivity index (χ0v) is 21.9. The molecule has 2 aromatic rings. The van der Waals surface area contributed by atoms with Gasteiger partial charge in [-0.2, -0.15) is 48.3 Å². The first-order valence-electron chi connectivity index (χ1n) is 12.7. The maximum absolute atomic E-state index is 13.6. The van der Waals surface area contributed by atoms with Crippen LogP contribution in [0.3, 0.4) is 0 Å². The van der Waals surface area contributed by atoms with Gasteiger partial charge in [0.1, 0.15) is 19.0 Å². The maximum atomic E-state index is 13.6. The number of unbranched alkanes of at least 4 members (excludes halogenated alkanes) is 5. The molecule has 1 aromatic carbocycles. The molecular weight excluding hydrogens is 581 g/mol. The molecule has 0 amide bonds. The van der Waals surface area contributed by atoms with Gasteiger partial charge in [-0.15, -0.1) is 0 Å². The fourth-order valence-corrected chi connectivity index (χ4v) is 3.56. The van der Waals surface area contributed by atoms with Crippen LogP contribution in [0.1, 0.15) is 51.0 Å². The van der Waals surface area contributed by atoms with Crippen molar-refractivity contribution in [2.45, 2.75) is 81.7 Å². The molecule has 1 heterocycles. The second-order valence-corrected chi connectivity index (χ2v) is 9.28. The van der Waals surface area contributed by atoms with Crippen LogP contribution in [0.4, 0.5) is 48.3 Å². The van der Waals surface area contributed by atoms with Crippen LogP contribution >= 0.6 is 0 Å². The number of aryl methyl sites for hydroxylation is 1. The van der Waals surface area contributed by atoms with Gasteiger partial charge in [0.05, 0.1) is 6.61 Å². The molecule has 0 bridgehead atoms. The highest BCUT2D eigenvalue weighted by molar-refractivity contribution is 5.55. The summed E-state index contributed by atoms with van der Waals surface area (Å²) < 4.78 is 152. The topological polar surface area (TPSA) is 44.2 Å². The third kappa shape index (κ3) is 8.41. The molecule has 0 aliphatic carbocycles. The van der Waals surface area contributed by atoms with Crippen molar-refractivity contribution >= 4 is 0 Å². The van der Waals surface area contributed by atoms with Crippen molar-refractivity contribution in [3.8, 4) is 17.1 Å². The SMILES string of the molecule is CCCCCCCCc1cnc(-c2ccc(OCCOCC(F)(F)C(F)(F)C(F)(F)C(F)(F)C(F)(F)F)cc2)nc1. The Kier molecular flexibility index (Phi) is 11.8. The molecule has 0 fully saturated rings. The zero-order chi connectivity index (χ0) is 31.0. The van der Waals surface area contributed by atoms with Crippen molar-refractivity contribution in [1.82, 2.24) is 9.97 Å². The van der Waals surface area contributed by atoms with Crippen LogP contribution in [-0.4, -0.2) is 59.7 Å². The van der Waals surface area contributed by atoms with Crippen LogP contribution in [-0.2, 0) is 11.2 Å². The van der Waals surface area contributed by atoms with E-state index in [4.69, 9.17) is 4.74 Å². The Labute approximate surface area is 229 Å². The number of ether oxygens (including phenoxy) is 2. The number of nitrogens with zero attached hydrogens (tertiary/aromatic N) is 2. The second kappa shape index (κ2) is 14.0. The molecule has 4 nitrogen and oxygen atoms in total. The molecule has 0 N–H and O–H groups in total. The smallest absolute Gasteiger partial charge is 0.460 e. The molecule has 0 saturated heterocycles. The van der Waals surface area contributed by atoms with Crippen molar-refractivity contribution in [2.75, 3.05) is 19.8 Å². The first kappa shape index (κ1) is 34.5. The summed E-state index contributed by atoms with van der Waals surface area (Å²) in [5.74, 6) is -27.5. The van der Waals surface area contributed by atoms with Crippen LogP contribution in [0.5, 0.6) is 5.75 Å². The van der Waals surface area contributed by atoms with Gasteiger partial charge < -0.3 is 9.47 Å². The quantitative estimate of drug-likeness (QED) is 0.133. The van der Waals surface area contributed by atoms with Crippen molar-refractivity contribution < 1.29 is 57.8 Å². The van der Waals surface area contributed by atoms with Gasteiger partial charge in [-0.25, -0.2) is 9.97 Å². The van der Waals surface area contributed by atoms with E-state index in [1.165, 1.54) is 37.8 Å². The third-order valence-electron chi connectivity index (χ3n) is 6.02. The van der Waals surface area contributed by atoms with E-state index in [2.05, 4.69) is 21.6 Å². The normalized spacial score (nSPS) is 13.5. The van der Waals surface area contributed by atoms with Gasteiger partial charge in [0.15, 0.2) is 5.82 Å². The summed E-state index contributed by atoms with van der Waals surface area (Å²) in [6, 6.07) is 6.00. The van der Waals surface area contributed by atoms with Crippen LogP contribution in [0.15, 0.2) is 36.7 Å².